The maximum absolute atomic E-state index is 12.3. The van der Waals surface area contributed by atoms with Gasteiger partial charge in [0.2, 0.25) is 11.8 Å². The molecule has 0 aliphatic carbocycles. The van der Waals surface area contributed by atoms with Gasteiger partial charge in [-0.05, 0) is 18.5 Å². The third-order valence-electron chi connectivity index (χ3n) is 3.05. The molecule has 1 atom stereocenters. The summed E-state index contributed by atoms with van der Waals surface area (Å²) in [5.74, 6) is -3.20. The maximum Gasteiger partial charge on any atom is 0.262 e. The number of piperidine rings is 1. The Kier molecular flexibility index (Phi) is 1.99. The van der Waals surface area contributed by atoms with Crippen molar-refractivity contribution in [3.05, 3.63) is 35.4 Å². The fraction of sp³-hybridized carbons (Fsp3) is 0.231. The molecular weight excluding hydrogens is 248 g/mol. The molecule has 1 N–H and O–H groups in total. The molecule has 0 bridgehead atoms. The van der Waals surface area contributed by atoms with Crippen LogP contribution in [0.25, 0.3) is 0 Å². The van der Waals surface area contributed by atoms with E-state index in [4.69, 9.17) is 2.74 Å². The third-order valence-corrected chi connectivity index (χ3v) is 3.05. The van der Waals surface area contributed by atoms with E-state index in [1.54, 1.807) is 12.1 Å². The van der Waals surface area contributed by atoms with Crippen LogP contribution in [-0.4, -0.2) is 34.6 Å². The van der Waals surface area contributed by atoms with Gasteiger partial charge < -0.3 is 0 Å². The maximum atomic E-state index is 12.3. The van der Waals surface area contributed by atoms with Crippen molar-refractivity contribution >= 4 is 23.6 Å². The van der Waals surface area contributed by atoms with Crippen LogP contribution < -0.4 is 5.32 Å². The van der Waals surface area contributed by atoms with E-state index >= 15 is 0 Å². The van der Waals surface area contributed by atoms with E-state index in [1.165, 1.54) is 12.1 Å². The van der Waals surface area contributed by atoms with Crippen LogP contribution in [0.15, 0.2) is 24.3 Å². The standard InChI is InChI=1S/C13H10N2O4/c16-10-6-5-9(11(17)14-10)15-12(18)7-3-1-2-4-8(7)13(15)19/h1-4,9H,5-6H2,(H,14,16,17)/i5D2. The van der Waals surface area contributed by atoms with Gasteiger partial charge in [0.25, 0.3) is 11.8 Å². The zero-order valence-electron chi connectivity index (χ0n) is 11.7. The lowest BCUT2D eigenvalue weighted by Gasteiger charge is -2.27. The molecule has 2 heterocycles. The second kappa shape index (κ2) is 4.01. The monoisotopic (exact) mass is 260 g/mol. The predicted molar refractivity (Wildman–Crippen MR) is 63.1 cm³/mol. The number of hydrogen-bond donors (Lipinski definition) is 1. The van der Waals surface area contributed by atoms with Crippen molar-refractivity contribution in [3.8, 4) is 0 Å². The van der Waals surface area contributed by atoms with Gasteiger partial charge in [-0.3, -0.25) is 29.4 Å². The molecule has 1 fully saturated rings. The minimum Gasteiger partial charge on any atom is -0.295 e. The summed E-state index contributed by atoms with van der Waals surface area (Å²) in [6.45, 7) is 0. The van der Waals surface area contributed by atoms with E-state index in [9.17, 15) is 19.2 Å². The average molecular weight is 260 g/mol. The van der Waals surface area contributed by atoms with E-state index in [0.717, 1.165) is 0 Å². The highest BCUT2D eigenvalue weighted by Crippen LogP contribution is 2.26. The molecular formula is C13H10N2O4. The van der Waals surface area contributed by atoms with Crippen LogP contribution in [0.3, 0.4) is 0 Å². The smallest absolute Gasteiger partial charge is 0.262 e. The number of benzene rings is 1. The molecule has 2 aliphatic rings. The van der Waals surface area contributed by atoms with Crippen LogP contribution in [0.2, 0.25) is 0 Å². The summed E-state index contributed by atoms with van der Waals surface area (Å²) in [6.07, 6.45) is -2.89. The lowest BCUT2D eigenvalue weighted by molar-refractivity contribution is -0.136. The lowest BCUT2D eigenvalue weighted by atomic mass is 10.0. The Morgan fingerprint density at radius 1 is 1.11 bits per heavy atom. The van der Waals surface area contributed by atoms with Gasteiger partial charge in [-0.25, -0.2) is 0 Å². The van der Waals surface area contributed by atoms with Gasteiger partial charge in [-0.15, -0.1) is 0 Å². The number of imide groups is 2. The van der Waals surface area contributed by atoms with Crippen molar-refractivity contribution < 1.29 is 21.9 Å². The Morgan fingerprint density at radius 2 is 1.68 bits per heavy atom. The van der Waals surface area contributed by atoms with Gasteiger partial charge in [0.1, 0.15) is 6.04 Å². The van der Waals surface area contributed by atoms with Crippen molar-refractivity contribution in [2.45, 2.75) is 18.8 Å². The van der Waals surface area contributed by atoms with E-state index in [1.807, 2.05) is 5.32 Å². The highest BCUT2D eigenvalue weighted by molar-refractivity contribution is 6.23. The minimum absolute atomic E-state index is 0.128. The Bertz CT molecular complexity index is 666. The molecule has 6 nitrogen and oxygen atoms in total. The molecule has 1 unspecified atom stereocenters. The first-order valence-corrected chi connectivity index (χ1v) is 5.63. The quantitative estimate of drug-likeness (QED) is 0.725. The molecule has 3 rings (SSSR count). The van der Waals surface area contributed by atoms with Crippen molar-refractivity contribution in [1.29, 1.82) is 0 Å². The highest BCUT2D eigenvalue weighted by Gasteiger charge is 2.44. The van der Waals surface area contributed by atoms with Crippen molar-refractivity contribution in [3.63, 3.8) is 0 Å². The summed E-state index contributed by atoms with van der Waals surface area (Å²) in [4.78, 5) is 48.4. The Labute approximate surface area is 111 Å². The van der Waals surface area contributed by atoms with E-state index in [0.29, 0.717) is 4.90 Å². The fourth-order valence-electron chi connectivity index (χ4n) is 2.18. The molecule has 1 saturated heterocycles. The van der Waals surface area contributed by atoms with Gasteiger partial charge >= 0.3 is 0 Å². The summed E-state index contributed by atoms with van der Waals surface area (Å²) in [6, 6.07) is 4.38. The van der Waals surface area contributed by atoms with Crippen LogP contribution in [0.5, 0.6) is 0 Å². The average Bonchev–Trinajstić information content (AvgIpc) is 2.63. The van der Waals surface area contributed by atoms with E-state index in [2.05, 4.69) is 0 Å². The van der Waals surface area contributed by atoms with Crippen LogP contribution in [0, 0.1) is 0 Å². The van der Waals surface area contributed by atoms with Crippen molar-refractivity contribution in [2.75, 3.05) is 0 Å². The summed E-state index contributed by atoms with van der Waals surface area (Å²) in [7, 11) is 0. The Morgan fingerprint density at radius 3 is 2.21 bits per heavy atom. The minimum atomic E-state index is -2.30. The van der Waals surface area contributed by atoms with Gasteiger partial charge in [0, 0.05) is 9.16 Å². The van der Waals surface area contributed by atoms with Crippen LogP contribution >= 0.6 is 0 Å². The summed E-state index contributed by atoms with van der Waals surface area (Å²) < 4.78 is 15.7. The number of amides is 4. The summed E-state index contributed by atoms with van der Waals surface area (Å²) >= 11 is 0. The first-order chi connectivity index (χ1) is 9.83. The fourth-order valence-corrected chi connectivity index (χ4v) is 2.18. The topological polar surface area (TPSA) is 83.6 Å². The number of nitrogens with zero attached hydrogens (tertiary/aromatic N) is 1. The molecule has 6 heteroatoms. The molecule has 2 aliphatic heterocycles. The molecule has 0 saturated carbocycles. The van der Waals surface area contributed by atoms with Gasteiger partial charge in [0.05, 0.1) is 11.1 Å². The van der Waals surface area contributed by atoms with Gasteiger partial charge in [-0.2, -0.15) is 0 Å². The second-order valence-electron chi connectivity index (χ2n) is 4.22. The van der Waals surface area contributed by atoms with Crippen LogP contribution in [0.1, 0.15) is 36.3 Å². The number of hydrogen-bond acceptors (Lipinski definition) is 4. The molecule has 4 amide bonds. The lowest BCUT2D eigenvalue weighted by Crippen LogP contribution is -2.54. The molecule has 96 valence electrons. The number of rotatable bonds is 1. The van der Waals surface area contributed by atoms with Gasteiger partial charge in [0.15, 0.2) is 0 Å². The second-order valence-corrected chi connectivity index (χ2v) is 4.22. The van der Waals surface area contributed by atoms with Crippen LogP contribution in [0.4, 0.5) is 0 Å². The van der Waals surface area contributed by atoms with E-state index in [-0.39, 0.29) is 11.1 Å². The van der Waals surface area contributed by atoms with E-state index < -0.39 is 42.5 Å². The summed E-state index contributed by atoms with van der Waals surface area (Å²) in [5, 5.41) is 1.97. The van der Waals surface area contributed by atoms with Gasteiger partial charge in [-0.1, -0.05) is 12.1 Å². The Hall–Kier alpha value is -2.50. The van der Waals surface area contributed by atoms with Crippen molar-refractivity contribution in [1.82, 2.24) is 10.2 Å². The van der Waals surface area contributed by atoms with Crippen molar-refractivity contribution in [2.24, 2.45) is 0 Å². The molecule has 19 heavy (non-hydrogen) atoms. The highest BCUT2D eigenvalue weighted by atomic mass is 16.2. The zero-order valence-corrected chi connectivity index (χ0v) is 9.67. The first kappa shape index (κ1) is 9.43. The SMILES string of the molecule is [2H]C1([2H])CC(=O)NC(=O)C1N1C(=O)c2ccccc2C1=O. The number of carbonyl (C=O) groups excluding carboxylic acids is 4. The number of fused-ring (bicyclic) bond motifs is 1. The predicted octanol–water partition coefficient (Wildman–Crippen LogP) is 0.0878. The molecule has 0 radical (unpaired) electrons. The van der Waals surface area contributed by atoms with Crippen LogP contribution in [-0.2, 0) is 9.59 Å². The first-order valence-electron chi connectivity index (χ1n) is 6.63. The molecule has 0 aromatic heterocycles. The molecule has 1 aromatic carbocycles. The number of carbonyl (C=O) groups is 4. The third kappa shape index (κ3) is 1.64. The molecule has 1 aromatic rings. The largest absolute Gasteiger partial charge is 0.295 e. The zero-order chi connectivity index (χ0) is 15.4. The number of nitrogens with one attached hydrogen (secondary N) is 1. The summed E-state index contributed by atoms with van der Waals surface area (Å²) in [5.41, 5.74) is 0.256. The Balaban J connectivity index is 2.06. The molecule has 0 spiro atoms. The normalized spacial score (nSPS) is 26.7.